The van der Waals surface area contributed by atoms with Crippen molar-refractivity contribution in [2.24, 2.45) is 0 Å². The van der Waals surface area contributed by atoms with E-state index in [1.54, 1.807) is 0 Å². The SMILES string of the molecule is O=C(Cl)c1sc2c3ccccc3c3ccccc3c2c1Cl. The predicted octanol–water partition coefficient (Wildman–Crippen LogP) is 6.24. The third-order valence-electron chi connectivity index (χ3n) is 3.69. The standard InChI is InChI=1S/C17H8Cl2OS/c18-14-13-11-7-3-1-5-9(11)10-6-2-4-8-12(10)15(13)21-16(14)17(19)20/h1-8H. The summed E-state index contributed by atoms with van der Waals surface area (Å²) in [5.41, 5.74) is 0. The van der Waals surface area contributed by atoms with Crippen molar-refractivity contribution in [3.05, 3.63) is 58.4 Å². The summed E-state index contributed by atoms with van der Waals surface area (Å²) < 4.78 is 1.01. The van der Waals surface area contributed by atoms with Crippen LogP contribution in [0.1, 0.15) is 9.67 Å². The average Bonchev–Trinajstić information content (AvgIpc) is 2.86. The summed E-state index contributed by atoms with van der Waals surface area (Å²) in [6.07, 6.45) is 0. The minimum absolute atomic E-state index is 0.412. The Bertz CT molecular complexity index is 1030. The summed E-state index contributed by atoms with van der Waals surface area (Å²) in [5.74, 6) is 0. The summed E-state index contributed by atoms with van der Waals surface area (Å²) in [6.45, 7) is 0. The molecule has 0 aliphatic carbocycles. The first-order chi connectivity index (χ1) is 10.2. The quantitative estimate of drug-likeness (QED) is 0.298. The van der Waals surface area contributed by atoms with E-state index in [2.05, 4.69) is 18.2 Å². The predicted molar refractivity (Wildman–Crippen MR) is 92.0 cm³/mol. The Hall–Kier alpha value is -1.61. The van der Waals surface area contributed by atoms with E-state index in [0.717, 1.165) is 31.6 Å². The lowest BCUT2D eigenvalue weighted by atomic mass is 9.99. The Balaban J connectivity index is 2.39. The lowest BCUT2D eigenvalue weighted by molar-refractivity contribution is 0.108. The number of hydrogen-bond donors (Lipinski definition) is 0. The van der Waals surface area contributed by atoms with Crippen LogP contribution in [-0.4, -0.2) is 5.24 Å². The van der Waals surface area contributed by atoms with E-state index in [0.29, 0.717) is 9.90 Å². The second-order valence-electron chi connectivity index (χ2n) is 4.81. The average molecular weight is 331 g/mol. The van der Waals surface area contributed by atoms with E-state index in [4.69, 9.17) is 23.2 Å². The molecule has 0 aliphatic heterocycles. The van der Waals surface area contributed by atoms with Gasteiger partial charge in [0.25, 0.3) is 5.24 Å². The van der Waals surface area contributed by atoms with Gasteiger partial charge in [-0.15, -0.1) is 11.3 Å². The van der Waals surface area contributed by atoms with E-state index in [1.807, 2.05) is 30.3 Å². The lowest BCUT2D eigenvalue weighted by Gasteiger charge is -2.06. The second-order valence-corrected chi connectivity index (χ2v) is 6.56. The number of halogens is 2. The third-order valence-corrected chi connectivity index (χ3v) is 5.70. The van der Waals surface area contributed by atoms with Gasteiger partial charge in [-0.1, -0.05) is 60.1 Å². The van der Waals surface area contributed by atoms with E-state index >= 15 is 0 Å². The first-order valence-electron chi connectivity index (χ1n) is 6.40. The van der Waals surface area contributed by atoms with Crippen molar-refractivity contribution < 1.29 is 4.79 Å². The molecule has 0 unspecified atom stereocenters. The molecular formula is C17H8Cl2OS. The Labute approximate surface area is 134 Å². The van der Waals surface area contributed by atoms with Gasteiger partial charge in [-0.2, -0.15) is 0 Å². The van der Waals surface area contributed by atoms with Crippen molar-refractivity contribution in [2.45, 2.75) is 0 Å². The molecule has 0 saturated carbocycles. The Morgan fingerprint density at radius 3 is 2.00 bits per heavy atom. The fourth-order valence-corrected chi connectivity index (χ4v) is 4.61. The number of fused-ring (bicyclic) bond motifs is 6. The molecule has 0 radical (unpaired) electrons. The Kier molecular flexibility index (Phi) is 2.93. The van der Waals surface area contributed by atoms with Gasteiger partial charge in [0.1, 0.15) is 4.88 Å². The van der Waals surface area contributed by atoms with Crippen LogP contribution < -0.4 is 0 Å². The molecule has 4 heteroatoms. The number of rotatable bonds is 1. The molecule has 0 bridgehead atoms. The van der Waals surface area contributed by atoms with Crippen LogP contribution in [0.5, 0.6) is 0 Å². The molecule has 0 aliphatic rings. The second kappa shape index (κ2) is 4.70. The highest BCUT2D eigenvalue weighted by Gasteiger charge is 2.19. The first kappa shape index (κ1) is 13.1. The van der Waals surface area contributed by atoms with Crippen LogP contribution in [0.15, 0.2) is 48.5 Å². The van der Waals surface area contributed by atoms with Crippen LogP contribution >= 0.6 is 34.5 Å². The highest BCUT2D eigenvalue weighted by Crippen LogP contribution is 2.44. The zero-order valence-corrected chi connectivity index (χ0v) is 13.0. The minimum Gasteiger partial charge on any atom is -0.275 e. The monoisotopic (exact) mass is 330 g/mol. The number of benzene rings is 3. The van der Waals surface area contributed by atoms with Crippen LogP contribution in [0.2, 0.25) is 5.02 Å². The van der Waals surface area contributed by atoms with E-state index in [1.165, 1.54) is 11.3 Å². The fraction of sp³-hybridized carbons (Fsp3) is 0. The zero-order chi connectivity index (χ0) is 14.6. The minimum atomic E-state index is -0.505. The van der Waals surface area contributed by atoms with Crippen LogP contribution in [0.25, 0.3) is 31.6 Å². The van der Waals surface area contributed by atoms with Crippen molar-refractivity contribution >= 4 is 71.4 Å². The molecule has 0 spiro atoms. The van der Waals surface area contributed by atoms with Gasteiger partial charge in [0.15, 0.2) is 0 Å². The number of hydrogen-bond acceptors (Lipinski definition) is 2. The van der Waals surface area contributed by atoms with Crippen LogP contribution in [0.4, 0.5) is 0 Å². The molecule has 0 atom stereocenters. The van der Waals surface area contributed by atoms with Crippen molar-refractivity contribution in [2.75, 3.05) is 0 Å². The summed E-state index contributed by atoms with van der Waals surface area (Å²) in [4.78, 5) is 12.0. The van der Waals surface area contributed by atoms with Crippen LogP contribution in [-0.2, 0) is 0 Å². The largest absolute Gasteiger partial charge is 0.275 e. The van der Waals surface area contributed by atoms with Gasteiger partial charge in [-0.05, 0) is 27.8 Å². The summed E-state index contributed by atoms with van der Waals surface area (Å²) in [5, 5.41) is 5.31. The molecule has 21 heavy (non-hydrogen) atoms. The normalized spacial score (nSPS) is 11.5. The molecule has 1 heterocycles. The Morgan fingerprint density at radius 2 is 1.38 bits per heavy atom. The van der Waals surface area contributed by atoms with Gasteiger partial charge < -0.3 is 0 Å². The van der Waals surface area contributed by atoms with Gasteiger partial charge in [0.05, 0.1) is 5.02 Å². The molecule has 4 rings (SSSR count). The van der Waals surface area contributed by atoms with Crippen LogP contribution in [0.3, 0.4) is 0 Å². The van der Waals surface area contributed by atoms with Crippen molar-refractivity contribution in [1.82, 2.24) is 0 Å². The molecule has 0 saturated heterocycles. The molecular weight excluding hydrogens is 323 g/mol. The Morgan fingerprint density at radius 1 is 0.857 bits per heavy atom. The molecule has 3 aromatic carbocycles. The van der Waals surface area contributed by atoms with E-state index < -0.39 is 5.24 Å². The van der Waals surface area contributed by atoms with E-state index in [9.17, 15) is 4.79 Å². The summed E-state index contributed by atoms with van der Waals surface area (Å²) in [7, 11) is 0. The van der Waals surface area contributed by atoms with Gasteiger partial charge in [0, 0.05) is 15.5 Å². The van der Waals surface area contributed by atoms with Gasteiger partial charge in [0.2, 0.25) is 0 Å². The van der Waals surface area contributed by atoms with Crippen molar-refractivity contribution in [3.63, 3.8) is 0 Å². The molecule has 0 fully saturated rings. The smallest absolute Gasteiger partial charge is 0.263 e. The number of thiophene rings is 1. The maximum atomic E-state index is 11.6. The summed E-state index contributed by atoms with van der Waals surface area (Å²) >= 11 is 13.5. The molecule has 102 valence electrons. The van der Waals surface area contributed by atoms with Gasteiger partial charge in [-0.25, -0.2) is 0 Å². The molecule has 0 N–H and O–H groups in total. The number of carbonyl (C=O) groups excluding carboxylic acids is 1. The molecule has 1 aromatic heterocycles. The van der Waals surface area contributed by atoms with Gasteiger partial charge in [-0.3, -0.25) is 4.79 Å². The fourth-order valence-electron chi connectivity index (χ4n) is 2.82. The topological polar surface area (TPSA) is 17.1 Å². The molecule has 0 amide bonds. The van der Waals surface area contributed by atoms with Gasteiger partial charge >= 0.3 is 0 Å². The molecule has 1 nitrogen and oxygen atoms in total. The zero-order valence-electron chi connectivity index (χ0n) is 10.7. The van der Waals surface area contributed by atoms with E-state index in [-0.39, 0.29) is 0 Å². The molecule has 4 aromatic rings. The first-order valence-corrected chi connectivity index (χ1v) is 7.97. The van der Waals surface area contributed by atoms with Crippen molar-refractivity contribution in [3.8, 4) is 0 Å². The maximum absolute atomic E-state index is 11.6. The van der Waals surface area contributed by atoms with Crippen LogP contribution in [0, 0.1) is 0 Å². The number of carbonyl (C=O) groups is 1. The highest BCUT2D eigenvalue weighted by molar-refractivity contribution is 7.24. The summed E-state index contributed by atoms with van der Waals surface area (Å²) in [6, 6.07) is 16.3. The lowest BCUT2D eigenvalue weighted by Crippen LogP contribution is -1.82. The highest BCUT2D eigenvalue weighted by atomic mass is 35.5. The van der Waals surface area contributed by atoms with Crippen molar-refractivity contribution in [1.29, 1.82) is 0 Å². The third kappa shape index (κ3) is 1.80. The maximum Gasteiger partial charge on any atom is 0.263 e.